The second-order valence-electron chi connectivity index (χ2n) is 4.27. The second kappa shape index (κ2) is 5.69. The third-order valence-electron chi connectivity index (χ3n) is 2.64. The van der Waals surface area contributed by atoms with E-state index in [1.165, 1.54) is 5.56 Å². The smallest absolute Gasteiger partial charge is 0.335 e. The van der Waals surface area contributed by atoms with E-state index in [-0.39, 0.29) is 6.04 Å². The van der Waals surface area contributed by atoms with Gasteiger partial charge in [0.1, 0.15) is 0 Å². The van der Waals surface area contributed by atoms with E-state index in [2.05, 4.69) is 29.1 Å². The molecule has 0 fully saturated rings. The van der Waals surface area contributed by atoms with Crippen molar-refractivity contribution in [1.29, 1.82) is 0 Å². The van der Waals surface area contributed by atoms with Crippen LogP contribution in [-0.2, 0) is 6.42 Å². The van der Waals surface area contributed by atoms with Gasteiger partial charge in [-0.1, -0.05) is 6.07 Å². The summed E-state index contributed by atoms with van der Waals surface area (Å²) in [6, 6.07) is 9.27. The fourth-order valence-electron chi connectivity index (χ4n) is 1.84. The summed E-state index contributed by atoms with van der Waals surface area (Å²) < 4.78 is 0. The topological polar surface area (TPSA) is 49.3 Å². The molecule has 18 heavy (non-hydrogen) atoms. The molecule has 94 valence electrons. The number of hydrogen-bond donors (Lipinski definition) is 2. The highest BCUT2D eigenvalue weighted by Gasteiger charge is 2.06. The molecule has 0 saturated carbocycles. The monoisotopic (exact) mass is 261 g/mol. The quantitative estimate of drug-likeness (QED) is 0.866. The van der Waals surface area contributed by atoms with Crippen molar-refractivity contribution in [2.45, 2.75) is 19.4 Å². The standard InChI is InChI=1S/C14H15NO2S/c1-10(7-11-5-6-18-9-11)15-13-4-2-3-12(8-13)14(16)17/h2-6,8-10,15H,7H2,1H3,(H,16,17). The highest BCUT2D eigenvalue weighted by Crippen LogP contribution is 2.15. The zero-order chi connectivity index (χ0) is 13.0. The fourth-order valence-corrected chi connectivity index (χ4v) is 2.52. The van der Waals surface area contributed by atoms with Crippen molar-refractivity contribution in [2.24, 2.45) is 0 Å². The highest BCUT2D eigenvalue weighted by molar-refractivity contribution is 7.07. The minimum atomic E-state index is -0.899. The molecule has 4 heteroatoms. The number of carbonyl (C=O) groups is 1. The van der Waals surface area contributed by atoms with Gasteiger partial charge in [0, 0.05) is 11.7 Å². The number of thiophene rings is 1. The molecule has 2 rings (SSSR count). The van der Waals surface area contributed by atoms with Gasteiger partial charge in [0.15, 0.2) is 0 Å². The maximum absolute atomic E-state index is 10.9. The Kier molecular flexibility index (Phi) is 3.99. The Morgan fingerprint density at radius 3 is 2.94 bits per heavy atom. The maximum Gasteiger partial charge on any atom is 0.335 e. The Hall–Kier alpha value is -1.81. The number of carboxylic acids is 1. The van der Waals surface area contributed by atoms with Gasteiger partial charge in [-0.15, -0.1) is 0 Å². The van der Waals surface area contributed by atoms with Crippen molar-refractivity contribution >= 4 is 23.0 Å². The van der Waals surface area contributed by atoms with Gasteiger partial charge in [0.25, 0.3) is 0 Å². The van der Waals surface area contributed by atoms with Crippen molar-refractivity contribution < 1.29 is 9.90 Å². The molecule has 0 aliphatic carbocycles. The molecule has 0 amide bonds. The lowest BCUT2D eigenvalue weighted by molar-refractivity contribution is 0.0697. The first-order valence-electron chi connectivity index (χ1n) is 5.76. The number of rotatable bonds is 5. The first-order valence-corrected chi connectivity index (χ1v) is 6.70. The summed E-state index contributed by atoms with van der Waals surface area (Å²) in [5.74, 6) is -0.899. The molecule has 1 unspecified atom stereocenters. The average molecular weight is 261 g/mol. The van der Waals surface area contributed by atoms with Gasteiger partial charge in [0.05, 0.1) is 5.56 Å². The number of nitrogens with one attached hydrogen (secondary N) is 1. The van der Waals surface area contributed by atoms with Crippen LogP contribution in [0.4, 0.5) is 5.69 Å². The van der Waals surface area contributed by atoms with Crippen LogP contribution in [-0.4, -0.2) is 17.1 Å². The Morgan fingerprint density at radius 2 is 2.28 bits per heavy atom. The molecule has 0 radical (unpaired) electrons. The summed E-state index contributed by atoms with van der Waals surface area (Å²) in [6.45, 7) is 2.09. The molecule has 3 nitrogen and oxygen atoms in total. The van der Waals surface area contributed by atoms with Gasteiger partial charge in [-0.3, -0.25) is 0 Å². The van der Waals surface area contributed by atoms with Gasteiger partial charge in [-0.2, -0.15) is 11.3 Å². The zero-order valence-corrected chi connectivity index (χ0v) is 10.9. The Labute approximate surface area is 110 Å². The molecule has 1 heterocycles. The lowest BCUT2D eigenvalue weighted by Gasteiger charge is -2.14. The van der Waals surface area contributed by atoms with Crippen LogP contribution in [0, 0.1) is 0 Å². The Bertz CT molecular complexity index is 522. The molecular formula is C14H15NO2S. The highest BCUT2D eigenvalue weighted by atomic mass is 32.1. The molecule has 1 atom stereocenters. The molecule has 1 aromatic carbocycles. The van der Waals surface area contributed by atoms with E-state index < -0.39 is 5.97 Å². The third-order valence-corrected chi connectivity index (χ3v) is 3.38. The van der Waals surface area contributed by atoms with E-state index in [4.69, 9.17) is 5.11 Å². The molecule has 0 bridgehead atoms. The second-order valence-corrected chi connectivity index (χ2v) is 5.05. The molecule has 2 N–H and O–H groups in total. The van der Waals surface area contributed by atoms with Gasteiger partial charge in [-0.25, -0.2) is 4.79 Å². The third kappa shape index (κ3) is 3.34. The van der Waals surface area contributed by atoms with Crippen molar-refractivity contribution in [3.05, 3.63) is 52.2 Å². The van der Waals surface area contributed by atoms with Crippen LogP contribution in [0.2, 0.25) is 0 Å². The minimum absolute atomic E-state index is 0.267. The van der Waals surface area contributed by atoms with Gasteiger partial charge in [-0.05, 0) is 53.9 Å². The van der Waals surface area contributed by atoms with E-state index in [0.717, 1.165) is 12.1 Å². The molecule has 0 aliphatic heterocycles. The number of hydrogen-bond acceptors (Lipinski definition) is 3. The summed E-state index contributed by atoms with van der Waals surface area (Å²) in [4.78, 5) is 10.9. The van der Waals surface area contributed by atoms with Gasteiger partial charge >= 0.3 is 5.97 Å². The molecule has 0 aliphatic rings. The predicted molar refractivity (Wildman–Crippen MR) is 74.5 cm³/mol. The summed E-state index contributed by atoms with van der Waals surface area (Å²) in [5, 5.41) is 16.4. The molecule has 1 aromatic heterocycles. The van der Waals surface area contributed by atoms with Crippen molar-refractivity contribution in [3.8, 4) is 0 Å². The van der Waals surface area contributed by atoms with E-state index in [1.54, 1.807) is 29.5 Å². The first kappa shape index (κ1) is 12.6. The number of benzene rings is 1. The molecular weight excluding hydrogens is 246 g/mol. The normalized spacial score (nSPS) is 12.1. The molecule has 0 spiro atoms. The van der Waals surface area contributed by atoms with Crippen molar-refractivity contribution in [3.63, 3.8) is 0 Å². The lowest BCUT2D eigenvalue weighted by Crippen LogP contribution is -2.17. The summed E-state index contributed by atoms with van der Waals surface area (Å²) in [6.07, 6.45) is 0.931. The Morgan fingerprint density at radius 1 is 1.44 bits per heavy atom. The first-order chi connectivity index (χ1) is 8.65. The summed E-state index contributed by atoms with van der Waals surface area (Å²) >= 11 is 1.69. The van der Waals surface area contributed by atoms with Crippen LogP contribution < -0.4 is 5.32 Å². The molecule has 0 saturated heterocycles. The Balaban J connectivity index is 2.00. The average Bonchev–Trinajstić information content (AvgIpc) is 2.82. The van der Waals surface area contributed by atoms with E-state index >= 15 is 0 Å². The molecule has 2 aromatic rings. The largest absolute Gasteiger partial charge is 0.478 e. The maximum atomic E-state index is 10.9. The predicted octanol–water partition coefficient (Wildman–Crippen LogP) is 3.49. The lowest BCUT2D eigenvalue weighted by atomic mass is 10.1. The zero-order valence-electron chi connectivity index (χ0n) is 10.1. The van der Waals surface area contributed by atoms with Crippen molar-refractivity contribution in [2.75, 3.05) is 5.32 Å². The minimum Gasteiger partial charge on any atom is -0.478 e. The van der Waals surface area contributed by atoms with Crippen LogP contribution in [0.25, 0.3) is 0 Å². The van der Waals surface area contributed by atoms with Gasteiger partial charge < -0.3 is 10.4 Å². The van der Waals surface area contributed by atoms with E-state index in [1.807, 2.05) is 6.07 Å². The van der Waals surface area contributed by atoms with Crippen LogP contribution in [0.3, 0.4) is 0 Å². The fraction of sp³-hybridized carbons (Fsp3) is 0.214. The van der Waals surface area contributed by atoms with E-state index in [0.29, 0.717) is 5.56 Å². The van der Waals surface area contributed by atoms with E-state index in [9.17, 15) is 4.79 Å². The number of carboxylic acid groups (broad SMARTS) is 1. The van der Waals surface area contributed by atoms with Crippen molar-refractivity contribution in [1.82, 2.24) is 0 Å². The van der Waals surface area contributed by atoms with Crippen LogP contribution in [0.15, 0.2) is 41.1 Å². The number of aromatic carboxylic acids is 1. The number of anilines is 1. The van der Waals surface area contributed by atoms with Crippen LogP contribution in [0.1, 0.15) is 22.8 Å². The SMILES string of the molecule is CC(Cc1ccsc1)Nc1cccc(C(=O)O)c1. The summed E-state index contributed by atoms with van der Waals surface area (Å²) in [7, 11) is 0. The summed E-state index contributed by atoms with van der Waals surface area (Å²) in [5.41, 5.74) is 2.45. The van der Waals surface area contributed by atoms with Crippen LogP contribution >= 0.6 is 11.3 Å². The van der Waals surface area contributed by atoms with Crippen LogP contribution in [0.5, 0.6) is 0 Å². The van der Waals surface area contributed by atoms with Gasteiger partial charge in [0.2, 0.25) is 0 Å².